The van der Waals surface area contributed by atoms with Gasteiger partial charge in [0.2, 0.25) is 0 Å². The predicted molar refractivity (Wildman–Crippen MR) is 78.1 cm³/mol. The molecule has 0 aliphatic heterocycles. The number of carbonyl (C=O) groups excluding carboxylic acids is 2. The zero-order valence-corrected chi connectivity index (χ0v) is 10.9. The number of hydrogen-bond donors (Lipinski definition) is 1. The summed E-state index contributed by atoms with van der Waals surface area (Å²) >= 11 is 0. The van der Waals surface area contributed by atoms with E-state index in [4.69, 9.17) is 12.6 Å². The van der Waals surface area contributed by atoms with Gasteiger partial charge in [-0.1, -0.05) is 6.07 Å². The minimum absolute atomic E-state index is 0.0372. The van der Waals surface area contributed by atoms with Crippen molar-refractivity contribution in [3.8, 4) is 0 Å². The van der Waals surface area contributed by atoms with E-state index < -0.39 is 55.1 Å². The number of aryl methyl sites for hydroxylation is 1. The van der Waals surface area contributed by atoms with E-state index in [9.17, 15) is 14.4 Å². The highest BCUT2D eigenvalue weighted by atomic mass is 16.2. The van der Waals surface area contributed by atoms with Crippen LogP contribution in [-0.2, 0) is 9.59 Å². The molecule has 0 bridgehead atoms. The molecular formula is C15H15N3O3. The maximum atomic E-state index is 13.1. The number of carbonyl (C=O) groups is 2. The summed E-state index contributed by atoms with van der Waals surface area (Å²) in [7, 11) is 0. The summed E-state index contributed by atoms with van der Waals surface area (Å²) in [5.41, 5.74) is 4.65. The van der Waals surface area contributed by atoms with Crippen LogP contribution < -0.4 is 11.3 Å². The second kappa shape index (κ2) is 4.80. The van der Waals surface area contributed by atoms with E-state index in [1.165, 1.54) is 12.1 Å². The first-order valence-corrected chi connectivity index (χ1v) is 6.23. The van der Waals surface area contributed by atoms with E-state index in [-0.39, 0.29) is 22.6 Å². The zero-order chi connectivity index (χ0) is 19.4. The normalized spacial score (nSPS) is 29.8. The molecule has 1 aliphatic rings. The third-order valence-corrected chi connectivity index (χ3v) is 3.29. The Kier molecular flexibility index (Phi) is 1.99. The van der Waals surface area contributed by atoms with Crippen LogP contribution in [0, 0.1) is 6.88 Å². The quantitative estimate of drug-likeness (QED) is 0.628. The molecule has 2 atom stereocenters. The molecule has 2 N–H and O–H groups in total. The molecule has 1 saturated carbocycles. The van der Waals surface area contributed by atoms with E-state index in [2.05, 4.69) is 4.98 Å². The van der Waals surface area contributed by atoms with Crippen LogP contribution in [0.1, 0.15) is 37.9 Å². The minimum Gasteiger partial charge on any atom is -0.398 e. The Bertz CT molecular complexity index is 1010. The molecule has 3 rings (SSSR count). The highest BCUT2D eigenvalue weighted by molar-refractivity contribution is 6.03. The topological polar surface area (TPSA) is 95.0 Å². The third-order valence-electron chi connectivity index (χ3n) is 3.29. The maximum absolute atomic E-state index is 13.1. The van der Waals surface area contributed by atoms with Gasteiger partial charge in [0.15, 0.2) is 5.78 Å². The SMILES string of the molecule is [2H]c1ccc(N)c2c(=O)n(C3([2H])C(=O)CC(=O)CC3[2H])c(C([2H])[2H])nc12. The first-order chi connectivity index (χ1) is 12.1. The zero-order valence-electron chi connectivity index (χ0n) is 15.9. The molecule has 1 fully saturated rings. The molecule has 1 aromatic heterocycles. The van der Waals surface area contributed by atoms with Crippen molar-refractivity contribution in [2.24, 2.45) is 0 Å². The fraction of sp³-hybridized carbons (Fsp3) is 0.333. The first kappa shape index (κ1) is 8.71. The molecule has 6 nitrogen and oxygen atoms in total. The smallest absolute Gasteiger partial charge is 0.264 e. The van der Waals surface area contributed by atoms with Gasteiger partial charge in [0.25, 0.3) is 5.56 Å². The summed E-state index contributed by atoms with van der Waals surface area (Å²) in [6.45, 7) is -1.85. The summed E-state index contributed by atoms with van der Waals surface area (Å²) in [5, 5.41) is -0.217. The Morgan fingerprint density at radius 3 is 3.10 bits per heavy atom. The van der Waals surface area contributed by atoms with Crippen LogP contribution in [0.2, 0.25) is 0 Å². The summed E-state index contributed by atoms with van der Waals surface area (Å²) in [6.07, 6.45) is -2.61. The number of aromatic nitrogens is 2. The van der Waals surface area contributed by atoms with Crippen molar-refractivity contribution in [1.82, 2.24) is 9.55 Å². The highest BCUT2D eigenvalue weighted by Crippen LogP contribution is 2.24. The van der Waals surface area contributed by atoms with Gasteiger partial charge in [0.05, 0.1) is 26.1 Å². The molecule has 2 aromatic rings. The lowest BCUT2D eigenvalue weighted by atomic mass is 9.92. The van der Waals surface area contributed by atoms with Crippen molar-refractivity contribution >= 4 is 28.2 Å². The predicted octanol–water partition coefficient (Wildman–Crippen LogP) is 1.15. The van der Waals surface area contributed by atoms with Gasteiger partial charge in [-0.05, 0) is 25.4 Å². The average molecular weight is 290 g/mol. The van der Waals surface area contributed by atoms with Crippen LogP contribution in [0.3, 0.4) is 0 Å². The second-order valence-corrected chi connectivity index (χ2v) is 4.70. The molecule has 1 heterocycles. The number of Topliss-reactive ketones (excluding diaryl/α,β-unsaturated/α-hetero) is 2. The minimum atomic E-state index is -2.49. The molecule has 0 spiro atoms. The van der Waals surface area contributed by atoms with Gasteiger partial charge in [-0.25, -0.2) is 4.98 Å². The first-order valence-electron chi connectivity index (χ1n) is 8.96. The fourth-order valence-corrected chi connectivity index (χ4v) is 2.31. The largest absolute Gasteiger partial charge is 0.398 e. The lowest BCUT2D eigenvalue weighted by molar-refractivity contribution is -0.132. The van der Waals surface area contributed by atoms with Gasteiger partial charge in [-0.3, -0.25) is 19.0 Å². The number of fused-ring (bicyclic) bond motifs is 1. The Balaban J connectivity index is 2.46. The van der Waals surface area contributed by atoms with E-state index in [1.807, 2.05) is 0 Å². The molecule has 0 radical (unpaired) electrons. The molecule has 108 valence electrons. The van der Waals surface area contributed by atoms with Crippen molar-refractivity contribution in [1.29, 1.82) is 0 Å². The molecule has 6 heteroatoms. The molecule has 21 heavy (non-hydrogen) atoms. The maximum Gasteiger partial charge on any atom is 0.264 e. The van der Waals surface area contributed by atoms with Crippen molar-refractivity contribution in [2.75, 3.05) is 5.73 Å². The Hall–Kier alpha value is -2.50. The lowest BCUT2D eigenvalue weighted by Gasteiger charge is -2.24. The van der Waals surface area contributed by atoms with Crippen LogP contribution in [0.25, 0.3) is 10.9 Å². The Morgan fingerprint density at radius 2 is 2.38 bits per heavy atom. The molecule has 1 aliphatic carbocycles. The lowest BCUT2D eigenvalue weighted by Crippen LogP contribution is -2.36. The summed E-state index contributed by atoms with van der Waals surface area (Å²) < 4.78 is 40.3. The highest BCUT2D eigenvalue weighted by Gasteiger charge is 2.30. The number of nitrogen functional groups attached to an aromatic ring is 1. The fourth-order valence-electron chi connectivity index (χ4n) is 2.31. The number of anilines is 1. The molecule has 1 aromatic carbocycles. The Morgan fingerprint density at radius 1 is 1.57 bits per heavy atom. The van der Waals surface area contributed by atoms with Gasteiger partial charge in [0, 0.05) is 16.2 Å². The average Bonchev–Trinajstić information content (AvgIpc) is 2.55. The standard InChI is InChI=1S/C15H15N3O3/c1-8-17-11-4-2-3-10(16)14(11)15(21)18(8)12-6-5-9(19)7-13(12)20/h2-4,12H,5-7,16H2,1H3/i1D2,4D,6D,12D. The van der Waals surface area contributed by atoms with Gasteiger partial charge in [-0.15, -0.1) is 0 Å². The van der Waals surface area contributed by atoms with E-state index in [0.29, 0.717) is 4.57 Å². The number of nitrogens with zero attached hydrogens (tertiary/aromatic N) is 2. The van der Waals surface area contributed by atoms with Crippen LogP contribution in [0.15, 0.2) is 23.0 Å². The van der Waals surface area contributed by atoms with Gasteiger partial charge < -0.3 is 5.73 Å². The van der Waals surface area contributed by atoms with Crippen LogP contribution >= 0.6 is 0 Å². The molecule has 0 saturated heterocycles. The van der Waals surface area contributed by atoms with Crippen LogP contribution in [0.4, 0.5) is 5.69 Å². The second-order valence-electron chi connectivity index (χ2n) is 4.70. The monoisotopic (exact) mass is 290 g/mol. The van der Waals surface area contributed by atoms with Crippen LogP contribution in [0.5, 0.6) is 0 Å². The van der Waals surface area contributed by atoms with Gasteiger partial charge in [-0.2, -0.15) is 0 Å². The number of hydrogen-bond acceptors (Lipinski definition) is 5. The van der Waals surface area contributed by atoms with E-state index in [1.54, 1.807) is 0 Å². The van der Waals surface area contributed by atoms with Crippen molar-refractivity contribution in [3.05, 3.63) is 34.4 Å². The molecule has 0 amide bonds. The number of benzene rings is 1. The van der Waals surface area contributed by atoms with E-state index in [0.717, 1.165) is 0 Å². The molecule has 2 unspecified atom stereocenters. The number of nitrogens with two attached hydrogens (primary N) is 1. The van der Waals surface area contributed by atoms with Gasteiger partial charge >= 0.3 is 0 Å². The summed E-state index contributed by atoms with van der Waals surface area (Å²) in [6, 6.07) is -0.0498. The third kappa shape index (κ3) is 2.12. The number of ketones is 2. The van der Waals surface area contributed by atoms with Crippen molar-refractivity contribution in [3.63, 3.8) is 0 Å². The van der Waals surface area contributed by atoms with Crippen molar-refractivity contribution < 1.29 is 16.4 Å². The van der Waals surface area contributed by atoms with Gasteiger partial charge in [0.1, 0.15) is 11.6 Å². The van der Waals surface area contributed by atoms with Crippen molar-refractivity contribution in [2.45, 2.75) is 32.1 Å². The summed E-state index contributed by atoms with van der Waals surface area (Å²) in [5.74, 6) is -2.03. The summed E-state index contributed by atoms with van der Waals surface area (Å²) in [4.78, 5) is 41.1. The van der Waals surface area contributed by atoms with E-state index >= 15 is 0 Å². The Labute approximate surface area is 127 Å². The number of rotatable bonds is 1. The van der Waals surface area contributed by atoms with Crippen LogP contribution in [-0.4, -0.2) is 21.1 Å². The molecular weight excluding hydrogens is 270 g/mol.